The van der Waals surface area contributed by atoms with Crippen molar-refractivity contribution in [1.29, 1.82) is 0 Å². The minimum absolute atomic E-state index is 0.538. The van der Waals surface area contributed by atoms with E-state index >= 15 is 0 Å². The van der Waals surface area contributed by atoms with Crippen molar-refractivity contribution in [3.63, 3.8) is 0 Å². The predicted octanol–water partition coefficient (Wildman–Crippen LogP) is 3.40. The van der Waals surface area contributed by atoms with Crippen LogP contribution in [-0.2, 0) is 6.42 Å². The number of hydrogen-bond acceptors (Lipinski definition) is 1. The Balaban J connectivity index is 2.07. The summed E-state index contributed by atoms with van der Waals surface area (Å²) in [5, 5.41) is 0. The van der Waals surface area contributed by atoms with E-state index in [1.54, 1.807) is 5.56 Å². The van der Waals surface area contributed by atoms with Crippen molar-refractivity contribution < 1.29 is 0 Å². The second-order valence-electron chi connectivity index (χ2n) is 5.67. The minimum atomic E-state index is 0.538. The monoisotopic (exact) mass is 201 g/mol. The molecule has 1 nitrogen and oxygen atoms in total. The molecule has 80 valence electrons. The molecule has 0 spiro atoms. The molecule has 1 heteroatoms. The van der Waals surface area contributed by atoms with Crippen molar-refractivity contribution in [2.24, 2.45) is 17.3 Å². The Morgan fingerprint density at radius 2 is 2.27 bits per heavy atom. The van der Waals surface area contributed by atoms with Crippen molar-refractivity contribution in [3.8, 4) is 0 Å². The number of hydrogen-bond donors (Lipinski definition) is 0. The maximum absolute atomic E-state index is 4.56. The van der Waals surface area contributed by atoms with Gasteiger partial charge in [0.1, 0.15) is 0 Å². The molecule has 2 aliphatic carbocycles. The summed E-state index contributed by atoms with van der Waals surface area (Å²) in [4.78, 5) is 4.56. The summed E-state index contributed by atoms with van der Waals surface area (Å²) in [6, 6.07) is 4.39. The summed E-state index contributed by atoms with van der Waals surface area (Å²) >= 11 is 0. The molecule has 2 aliphatic rings. The SMILES string of the molecule is CC(C)C12Cc3ncccc3[C@H]1CC2C. The standard InChI is InChI=1S/C14H19N/c1-9(2)14-8-13-11(5-4-6-15-13)12(14)7-10(14)3/h4-6,9-10,12H,7-8H2,1-3H3/t10?,12-,14?/m1/s1. The molecule has 1 heterocycles. The Kier molecular flexibility index (Phi) is 1.78. The van der Waals surface area contributed by atoms with Crippen LogP contribution in [0.2, 0.25) is 0 Å². The van der Waals surface area contributed by atoms with Gasteiger partial charge in [-0.05, 0) is 47.6 Å². The molecule has 0 saturated heterocycles. The van der Waals surface area contributed by atoms with Gasteiger partial charge in [0.25, 0.3) is 0 Å². The third-order valence-corrected chi connectivity index (χ3v) is 5.00. The molecule has 0 amide bonds. The smallest absolute Gasteiger partial charge is 0.0444 e. The summed E-state index contributed by atoms with van der Waals surface area (Å²) in [6.07, 6.45) is 4.53. The number of aromatic nitrogens is 1. The van der Waals surface area contributed by atoms with Gasteiger partial charge in [-0.2, -0.15) is 0 Å². The highest BCUT2D eigenvalue weighted by Crippen LogP contribution is 2.66. The van der Waals surface area contributed by atoms with E-state index < -0.39 is 0 Å². The fraction of sp³-hybridized carbons (Fsp3) is 0.643. The van der Waals surface area contributed by atoms with Crippen LogP contribution in [0.25, 0.3) is 0 Å². The number of nitrogens with zero attached hydrogens (tertiary/aromatic N) is 1. The first-order valence-corrected chi connectivity index (χ1v) is 6.10. The molecule has 0 radical (unpaired) electrons. The van der Waals surface area contributed by atoms with Crippen LogP contribution in [-0.4, -0.2) is 4.98 Å². The van der Waals surface area contributed by atoms with Crippen LogP contribution in [0, 0.1) is 17.3 Å². The average Bonchev–Trinajstić information content (AvgIpc) is 2.48. The molecule has 1 aromatic heterocycles. The zero-order valence-corrected chi connectivity index (χ0v) is 9.83. The molecule has 0 N–H and O–H groups in total. The second-order valence-corrected chi connectivity index (χ2v) is 5.67. The first-order chi connectivity index (χ1) is 7.16. The number of fused-ring (bicyclic) bond motifs is 3. The summed E-state index contributed by atoms with van der Waals surface area (Å²) in [7, 11) is 0. The number of pyridine rings is 1. The van der Waals surface area contributed by atoms with Gasteiger partial charge in [0.15, 0.2) is 0 Å². The van der Waals surface area contributed by atoms with E-state index in [0.717, 1.165) is 17.8 Å². The lowest BCUT2D eigenvalue weighted by Crippen LogP contribution is -2.47. The van der Waals surface area contributed by atoms with E-state index in [0.29, 0.717) is 5.41 Å². The highest BCUT2D eigenvalue weighted by atomic mass is 14.7. The van der Waals surface area contributed by atoms with Crippen LogP contribution in [0.3, 0.4) is 0 Å². The Bertz CT molecular complexity index is 389. The predicted molar refractivity (Wildman–Crippen MR) is 61.7 cm³/mol. The van der Waals surface area contributed by atoms with Gasteiger partial charge in [0.05, 0.1) is 0 Å². The zero-order chi connectivity index (χ0) is 10.6. The molecule has 0 aromatic carbocycles. The van der Waals surface area contributed by atoms with Crippen molar-refractivity contribution in [2.75, 3.05) is 0 Å². The lowest BCUT2D eigenvalue weighted by molar-refractivity contribution is -0.0245. The van der Waals surface area contributed by atoms with Crippen molar-refractivity contribution >= 4 is 0 Å². The van der Waals surface area contributed by atoms with E-state index in [9.17, 15) is 0 Å². The van der Waals surface area contributed by atoms with Gasteiger partial charge in [-0.3, -0.25) is 4.98 Å². The summed E-state index contributed by atoms with van der Waals surface area (Å²) in [5.41, 5.74) is 3.46. The second kappa shape index (κ2) is 2.84. The van der Waals surface area contributed by atoms with Gasteiger partial charge in [-0.25, -0.2) is 0 Å². The van der Waals surface area contributed by atoms with Crippen molar-refractivity contribution in [3.05, 3.63) is 29.6 Å². The molecular weight excluding hydrogens is 182 g/mol. The highest BCUT2D eigenvalue weighted by molar-refractivity contribution is 5.38. The van der Waals surface area contributed by atoms with Gasteiger partial charge in [-0.15, -0.1) is 0 Å². The fourth-order valence-electron chi connectivity index (χ4n) is 4.07. The fourth-order valence-corrected chi connectivity index (χ4v) is 4.07. The third kappa shape index (κ3) is 0.965. The molecule has 15 heavy (non-hydrogen) atoms. The highest BCUT2D eigenvalue weighted by Gasteiger charge is 2.59. The van der Waals surface area contributed by atoms with E-state index in [-0.39, 0.29) is 0 Å². The third-order valence-electron chi connectivity index (χ3n) is 5.00. The Labute approximate surface area is 91.9 Å². The van der Waals surface area contributed by atoms with Crippen LogP contribution in [0.15, 0.2) is 18.3 Å². The first kappa shape index (κ1) is 9.38. The van der Waals surface area contributed by atoms with Gasteiger partial charge >= 0.3 is 0 Å². The summed E-state index contributed by atoms with van der Waals surface area (Å²) in [5.74, 6) is 2.45. The van der Waals surface area contributed by atoms with Crippen molar-refractivity contribution in [2.45, 2.75) is 39.5 Å². The molecule has 3 atom stereocenters. The topological polar surface area (TPSA) is 12.9 Å². The maximum atomic E-state index is 4.56. The number of rotatable bonds is 1. The van der Waals surface area contributed by atoms with E-state index in [2.05, 4.69) is 37.9 Å². The van der Waals surface area contributed by atoms with E-state index in [1.165, 1.54) is 18.5 Å². The molecule has 1 saturated carbocycles. The quantitative estimate of drug-likeness (QED) is 0.678. The average molecular weight is 201 g/mol. The molecule has 1 fully saturated rings. The molecule has 2 unspecified atom stereocenters. The molecule has 1 aromatic rings. The van der Waals surface area contributed by atoms with Gasteiger partial charge in [0, 0.05) is 11.9 Å². The van der Waals surface area contributed by atoms with Crippen molar-refractivity contribution in [1.82, 2.24) is 4.98 Å². The minimum Gasteiger partial charge on any atom is -0.261 e. The van der Waals surface area contributed by atoms with Crippen LogP contribution < -0.4 is 0 Å². The summed E-state index contributed by atoms with van der Waals surface area (Å²) in [6.45, 7) is 7.19. The Morgan fingerprint density at radius 3 is 2.93 bits per heavy atom. The molecular formula is C14H19N. The van der Waals surface area contributed by atoms with E-state index in [1.807, 2.05) is 6.20 Å². The summed E-state index contributed by atoms with van der Waals surface area (Å²) < 4.78 is 0. The lowest BCUT2D eigenvalue weighted by atomic mass is 9.49. The van der Waals surface area contributed by atoms with Crippen LogP contribution in [0.5, 0.6) is 0 Å². The Morgan fingerprint density at radius 1 is 1.47 bits per heavy atom. The lowest BCUT2D eigenvalue weighted by Gasteiger charge is -2.54. The first-order valence-electron chi connectivity index (χ1n) is 6.10. The van der Waals surface area contributed by atoms with Crippen LogP contribution >= 0.6 is 0 Å². The van der Waals surface area contributed by atoms with Gasteiger partial charge in [0.2, 0.25) is 0 Å². The zero-order valence-electron chi connectivity index (χ0n) is 9.83. The maximum Gasteiger partial charge on any atom is 0.0444 e. The largest absolute Gasteiger partial charge is 0.261 e. The normalized spacial score (nSPS) is 37.3. The van der Waals surface area contributed by atoms with Gasteiger partial charge < -0.3 is 0 Å². The van der Waals surface area contributed by atoms with E-state index in [4.69, 9.17) is 0 Å². The molecule has 0 aliphatic heterocycles. The molecule has 0 bridgehead atoms. The molecule has 3 rings (SSSR count). The van der Waals surface area contributed by atoms with Crippen LogP contribution in [0.1, 0.15) is 44.4 Å². The van der Waals surface area contributed by atoms with Crippen LogP contribution in [0.4, 0.5) is 0 Å². The Hall–Kier alpha value is -0.850. The van der Waals surface area contributed by atoms with Gasteiger partial charge in [-0.1, -0.05) is 26.8 Å².